The fourth-order valence-corrected chi connectivity index (χ4v) is 1.15. The van der Waals surface area contributed by atoms with E-state index in [2.05, 4.69) is 4.74 Å². The molecular formula is C11H11F3O3. The van der Waals surface area contributed by atoms with E-state index in [1.807, 2.05) is 0 Å². The minimum atomic E-state index is -4.33. The van der Waals surface area contributed by atoms with Gasteiger partial charge in [-0.15, -0.1) is 0 Å². The van der Waals surface area contributed by atoms with Crippen LogP contribution in [-0.2, 0) is 4.74 Å². The number of ether oxygens (including phenoxy) is 2. The van der Waals surface area contributed by atoms with Gasteiger partial charge in [0.1, 0.15) is 17.9 Å². The summed E-state index contributed by atoms with van der Waals surface area (Å²) >= 11 is 0. The molecule has 0 bridgehead atoms. The number of hydrogen-bond acceptors (Lipinski definition) is 3. The smallest absolute Gasteiger partial charge is 0.392 e. The summed E-state index contributed by atoms with van der Waals surface area (Å²) in [5, 5.41) is 0. The normalized spacial score (nSPS) is 11.1. The zero-order valence-electron chi connectivity index (χ0n) is 9.08. The highest BCUT2D eigenvalue weighted by molar-refractivity contribution is 5.92. The number of esters is 1. The first kappa shape index (κ1) is 13.3. The molecule has 0 aromatic heterocycles. The van der Waals surface area contributed by atoms with Gasteiger partial charge in [0.25, 0.3) is 0 Å². The molecule has 0 N–H and O–H groups in total. The fraction of sp³-hybridized carbons (Fsp3) is 0.364. The van der Waals surface area contributed by atoms with Gasteiger partial charge in [-0.25, -0.2) is 4.79 Å². The Kier molecular flexibility index (Phi) is 4.37. The van der Waals surface area contributed by atoms with Crippen LogP contribution in [-0.4, -0.2) is 25.9 Å². The van der Waals surface area contributed by atoms with E-state index in [1.54, 1.807) is 12.1 Å². The van der Waals surface area contributed by atoms with E-state index in [0.717, 1.165) is 0 Å². The molecule has 0 amide bonds. The Morgan fingerprint density at radius 3 is 2.53 bits per heavy atom. The molecule has 94 valence electrons. The van der Waals surface area contributed by atoms with Gasteiger partial charge in [0, 0.05) is 0 Å². The van der Waals surface area contributed by atoms with Gasteiger partial charge < -0.3 is 9.47 Å². The minimum Gasteiger partial charge on any atom is -0.496 e. The van der Waals surface area contributed by atoms with Crippen molar-refractivity contribution in [3.63, 3.8) is 0 Å². The van der Waals surface area contributed by atoms with Crippen LogP contribution in [0, 0.1) is 0 Å². The molecule has 0 aliphatic heterocycles. The second kappa shape index (κ2) is 5.56. The standard InChI is InChI=1S/C11H11F3O3/c1-16-9-5-3-2-4-8(9)10(15)17-7-6-11(12,13)14/h2-5H,6-7H2,1H3. The minimum absolute atomic E-state index is 0.108. The lowest BCUT2D eigenvalue weighted by atomic mass is 10.2. The van der Waals surface area contributed by atoms with Crippen LogP contribution in [0.25, 0.3) is 0 Å². The fourth-order valence-electron chi connectivity index (χ4n) is 1.15. The highest BCUT2D eigenvalue weighted by atomic mass is 19.4. The summed E-state index contributed by atoms with van der Waals surface area (Å²) in [5.41, 5.74) is 0.108. The number of hydrogen-bond donors (Lipinski definition) is 0. The Morgan fingerprint density at radius 2 is 1.94 bits per heavy atom. The van der Waals surface area contributed by atoms with Gasteiger partial charge in [0.05, 0.1) is 13.5 Å². The number of carbonyl (C=O) groups excluding carboxylic acids is 1. The quantitative estimate of drug-likeness (QED) is 0.768. The van der Waals surface area contributed by atoms with Crippen LogP contribution in [0.1, 0.15) is 16.8 Å². The maximum absolute atomic E-state index is 11.8. The summed E-state index contributed by atoms with van der Waals surface area (Å²) in [7, 11) is 1.36. The monoisotopic (exact) mass is 248 g/mol. The number of para-hydroxylation sites is 1. The maximum atomic E-state index is 11.8. The first-order valence-corrected chi connectivity index (χ1v) is 4.81. The van der Waals surface area contributed by atoms with Crippen LogP contribution in [0.4, 0.5) is 13.2 Å². The van der Waals surface area contributed by atoms with E-state index in [4.69, 9.17) is 4.74 Å². The van der Waals surface area contributed by atoms with Crippen LogP contribution in [0.5, 0.6) is 5.75 Å². The zero-order chi connectivity index (χ0) is 12.9. The lowest BCUT2D eigenvalue weighted by molar-refractivity contribution is -0.141. The third-order valence-electron chi connectivity index (χ3n) is 1.95. The second-order valence-corrected chi connectivity index (χ2v) is 3.20. The summed E-state index contributed by atoms with van der Waals surface area (Å²) in [6.45, 7) is -0.694. The van der Waals surface area contributed by atoms with Crippen molar-refractivity contribution in [1.82, 2.24) is 0 Å². The summed E-state index contributed by atoms with van der Waals surface area (Å²) in [6, 6.07) is 6.17. The molecular weight excluding hydrogens is 237 g/mol. The van der Waals surface area contributed by atoms with Gasteiger partial charge in [-0.3, -0.25) is 0 Å². The lowest BCUT2D eigenvalue weighted by Crippen LogP contribution is -2.15. The zero-order valence-corrected chi connectivity index (χ0v) is 9.08. The van der Waals surface area contributed by atoms with Crippen LogP contribution in [0.15, 0.2) is 24.3 Å². The predicted molar refractivity (Wildman–Crippen MR) is 53.9 cm³/mol. The molecule has 0 atom stereocenters. The van der Waals surface area contributed by atoms with Crippen LogP contribution in [0.2, 0.25) is 0 Å². The summed E-state index contributed by atoms with van der Waals surface area (Å²) in [4.78, 5) is 11.4. The molecule has 0 heterocycles. The summed E-state index contributed by atoms with van der Waals surface area (Å²) in [5.74, 6) is -0.559. The van der Waals surface area contributed by atoms with E-state index in [9.17, 15) is 18.0 Å². The SMILES string of the molecule is COc1ccccc1C(=O)OCCC(F)(F)F. The Bertz CT molecular complexity index is 388. The third-order valence-corrected chi connectivity index (χ3v) is 1.95. The number of benzene rings is 1. The molecule has 1 aromatic carbocycles. The van der Waals surface area contributed by atoms with E-state index in [1.165, 1.54) is 19.2 Å². The Hall–Kier alpha value is -1.72. The summed E-state index contributed by atoms with van der Waals surface area (Å²) < 4.78 is 44.9. The first-order chi connectivity index (χ1) is 7.94. The first-order valence-electron chi connectivity index (χ1n) is 4.81. The second-order valence-electron chi connectivity index (χ2n) is 3.20. The van der Waals surface area contributed by atoms with Crippen molar-refractivity contribution in [2.45, 2.75) is 12.6 Å². The number of methoxy groups -OCH3 is 1. The molecule has 0 aliphatic carbocycles. The average Bonchev–Trinajstić information content (AvgIpc) is 2.27. The van der Waals surface area contributed by atoms with Crippen molar-refractivity contribution in [2.24, 2.45) is 0 Å². The Morgan fingerprint density at radius 1 is 1.29 bits per heavy atom. The predicted octanol–water partition coefficient (Wildman–Crippen LogP) is 2.80. The van der Waals surface area contributed by atoms with Crippen molar-refractivity contribution < 1.29 is 27.4 Å². The molecule has 1 aromatic rings. The number of rotatable bonds is 4. The van der Waals surface area contributed by atoms with E-state index >= 15 is 0 Å². The van der Waals surface area contributed by atoms with Crippen molar-refractivity contribution in [3.8, 4) is 5.75 Å². The molecule has 0 spiro atoms. The number of halogens is 3. The van der Waals surface area contributed by atoms with Crippen molar-refractivity contribution in [3.05, 3.63) is 29.8 Å². The summed E-state index contributed by atoms with van der Waals surface area (Å²) in [6.07, 6.45) is -5.49. The van der Waals surface area contributed by atoms with Gasteiger partial charge >= 0.3 is 12.1 Å². The van der Waals surface area contributed by atoms with Crippen molar-refractivity contribution >= 4 is 5.97 Å². The number of carbonyl (C=O) groups is 1. The molecule has 0 aliphatic rings. The van der Waals surface area contributed by atoms with Crippen LogP contribution < -0.4 is 4.74 Å². The van der Waals surface area contributed by atoms with Crippen molar-refractivity contribution in [1.29, 1.82) is 0 Å². The van der Waals surface area contributed by atoms with Crippen LogP contribution >= 0.6 is 0 Å². The molecule has 0 fully saturated rings. The molecule has 1 rings (SSSR count). The van der Waals surface area contributed by atoms with E-state index in [-0.39, 0.29) is 11.3 Å². The van der Waals surface area contributed by atoms with Gasteiger partial charge in [-0.2, -0.15) is 13.2 Å². The maximum Gasteiger partial charge on any atom is 0.392 e. The Balaban J connectivity index is 2.58. The van der Waals surface area contributed by atoms with Gasteiger partial charge in [-0.1, -0.05) is 12.1 Å². The highest BCUT2D eigenvalue weighted by Gasteiger charge is 2.27. The largest absolute Gasteiger partial charge is 0.496 e. The van der Waals surface area contributed by atoms with Crippen LogP contribution in [0.3, 0.4) is 0 Å². The Labute approximate surface area is 96.1 Å². The van der Waals surface area contributed by atoms with E-state index in [0.29, 0.717) is 0 Å². The topological polar surface area (TPSA) is 35.5 Å². The molecule has 0 radical (unpaired) electrons. The van der Waals surface area contributed by atoms with Gasteiger partial charge in [-0.05, 0) is 12.1 Å². The molecule has 17 heavy (non-hydrogen) atoms. The average molecular weight is 248 g/mol. The molecule has 0 saturated heterocycles. The lowest BCUT2D eigenvalue weighted by Gasteiger charge is -2.09. The van der Waals surface area contributed by atoms with Crippen molar-refractivity contribution in [2.75, 3.05) is 13.7 Å². The van der Waals surface area contributed by atoms with Gasteiger partial charge in [0.15, 0.2) is 0 Å². The molecule has 0 unspecified atom stereocenters. The molecule has 3 nitrogen and oxygen atoms in total. The molecule has 0 saturated carbocycles. The highest BCUT2D eigenvalue weighted by Crippen LogP contribution is 2.21. The third kappa shape index (κ3) is 4.34. The van der Waals surface area contributed by atoms with E-state index < -0.39 is 25.2 Å². The van der Waals surface area contributed by atoms with Gasteiger partial charge in [0.2, 0.25) is 0 Å². The molecule has 6 heteroatoms. The number of alkyl halides is 3.